The van der Waals surface area contributed by atoms with Gasteiger partial charge in [-0.15, -0.1) is 0 Å². The summed E-state index contributed by atoms with van der Waals surface area (Å²) in [6.45, 7) is 5.60. The molecule has 184 valence electrons. The van der Waals surface area contributed by atoms with Gasteiger partial charge in [0.1, 0.15) is 5.60 Å². The summed E-state index contributed by atoms with van der Waals surface area (Å²) in [6, 6.07) is 12.1. The van der Waals surface area contributed by atoms with Crippen LogP contribution >= 0.6 is 0 Å². The molecule has 2 aromatic rings. The minimum atomic E-state index is -0.610. The van der Waals surface area contributed by atoms with Gasteiger partial charge in [-0.25, -0.2) is 9.59 Å². The summed E-state index contributed by atoms with van der Waals surface area (Å²) in [5.74, 6) is 0.245. The zero-order chi connectivity index (χ0) is 25.1. The molecule has 9 heteroatoms. The van der Waals surface area contributed by atoms with Gasteiger partial charge in [-0.2, -0.15) is 0 Å². The van der Waals surface area contributed by atoms with Crippen molar-refractivity contribution in [3.05, 3.63) is 59.2 Å². The molecule has 0 aliphatic rings. The molecule has 0 saturated carbocycles. The van der Waals surface area contributed by atoms with Crippen LogP contribution in [0.25, 0.3) is 0 Å². The van der Waals surface area contributed by atoms with Crippen LogP contribution in [0.2, 0.25) is 0 Å². The summed E-state index contributed by atoms with van der Waals surface area (Å²) in [7, 11) is 3.13. The number of rotatable bonds is 10. The molecule has 2 aromatic carbocycles. The molecule has 0 aromatic heterocycles. The molecule has 0 heterocycles. The fourth-order valence-corrected chi connectivity index (χ4v) is 2.89. The molecule has 9 nitrogen and oxygen atoms in total. The molecule has 0 spiro atoms. The third-order valence-electron chi connectivity index (χ3n) is 4.54. The standard InChI is InChI=1S/C25H32N2O7/c1-25(2,3)34-24(30)27-15-18-6-9-19(10-7-18)23(29)33-16-22(28)26-13-12-17-8-11-20(31-4)21(14-17)32-5/h6-11,14H,12-13,15-16H2,1-5H3,(H,26,28)(H,27,30). The quantitative estimate of drug-likeness (QED) is 0.511. The van der Waals surface area contributed by atoms with Crippen molar-refractivity contribution in [2.75, 3.05) is 27.4 Å². The number of methoxy groups -OCH3 is 2. The first kappa shape index (κ1) is 26.5. The Bertz CT molecular complexity index is 982. The fraction of sp³-hybridized carbons (Fsp3) is 0.400. The maximum atomic E-state index is 12.2. The second-order valence-electron chi connectivity index (χ2n) is 8.42. The van der Waals surface area contributed by atoms with Gasteiger partial charge < -0.3 is 29.6 Å². The van der Waals surface area contributed by atoms with Crippen LogP contribution in [0.5, 0.6) is 11.5 Å². The van der Waals surface area contributed by atoms with Crippen LogP contribution in [0.3, 0.4) is 0 Å². The summed E-state index contributed by atoms with van der Waals surface area (Å²) in [4.78, 5) is 35.9. The first-order valence-corrected chi connectivity index (χ1v) is 10.8. The van der Waals surface area contributed by atoms with Gasteiger partial charge in [-0.1, -0.05) is 18.2 Å². The zero-order valence-corrected chi connectivity index (χ0v) is 20.2. The topological polar surface area (TPSA) is 112 Å². The molecule has 2 rings (SSSR count). The lowest BCUT2D eigenvalue weighted by atomic mass is 10.1. The van der Waals surface area contributed by atoms with Crippen LogP contribution in [-0.4, -0.2) is 50.9 Å². The van der Waals surface area contributed by atoms with Crippen LogP contribution in [0, 0.1) is 0 Å². The van der Waals surface area contributed by atoms with Gasteiger partial charge >= 0.3 is 12.1 Å². The van der Waals surface area contributed by atoms with Gasteiger partial charge in [0.2, 0.25) is 0 Å². The van der Waals surface area contributed by atoms with Crippen molar-refractivity contribution in [2.24, 2.45) is 0 Å². The number of carbonyl (C=O) groups excluding carboxylic acids is 3. The van der Waals surface area contributed by atoms with Crippen molar-refractivity contribution in [3.8, 4) is 11.5 Å². The summed E-state index contributed by atoms with van der Waals surface area (Å²) in [5, 5.41) is 5.36. The highest BCUT2D eigenvalue weighted by Crippen LogP contribution is 2.27. The Kier molecular flexibility index (Phi) is 9.73. The Hall–Kier alpha value is -3.75. The smallest absolute Gasteiger partial charge is 0.407 e. The van der Waals surface area contributed by atoms with E-state index in [2.05, 4.69) is 10.6 Å². The lowest BCUT2D eigenvalue weighted by molar-refractivity contribution is -0.124. The van der Waals surface area contributed by atoms with Crippen molar-refractivity contribution >= 4 is 18.0 Å². The van der Waals surface area contributed by atoms with E-state index < -0.39 is 23.6 Å². The van der Waals surface area contributed by atoms with Crippen molar-refractivity contribution in [1.29, 1.82) is 0 Å². The number of ether oxygens (including phenoxy) is 4. The molecule has 0 saturated heterocycles. The number of esters is 1. The van der Waals surface area contributed by atoms with Gasteiger partial charge in [0.15, 0.2) is 18.1 Å². The van der Waals surface area contributed by atoms with E-state index in [0.29, 0.717) is 30.0 Å². The number of amides is 2. The Morgan fingerprint density at radius 1 is 0.853 bits per heavy atom. The predicted octanol–water partition coefficient (Wildman–Crippen LogP) is 3.24. The van der Waals surface area contributed by atoms with Crippen LogP contribution in [0.4, 0.5) is 4.79 Å². The second-order valence-corrected chi connectivity index (χ2v) is 8.42. The molecule has 0 radical (unpaired) electrons. The van der Waals surface area contributed by atoms with Crippen molar-refractivity contribution < 1.29 is 33.3 Å². The summed E-state index contributed by atoms with van der Waals surface area (Å²) in [5.41, 5.74) is 1.48. The molecule has 2 N–H and O–H groups in total. The summed E-state index contributed by atoms with van der Waals surface area (Å²) in [6.07, 6.45) is 0.0619. The average Bonchev–Trinajstić information content (AvgIpc) is 2.80. The Morgan fingerprint density at radius 3 is 2.12 bits per heavy atom. The lowest BCUT2D eigenvalue weighted by Crippen LogP contribution is -2.32. The van der Waals surface area contributed by atoms with Crippen molar-refractivity contribution in [2.45, 2.75) is 39.3 Å². The summed E-state index contributed by atoms with van der Waals surface area (Å²) < 4.78 is 20.7. The number of benzene rings is 2. The molecule has 0 bridgehead atoms. The van der Waals surface area contributed by atoms with E-state index in [1.165, 1.54) is 0 Å². The number of carbonyl (C=O) groups is 3. The highest BCUT2D eigenvalue weighted by atomic mass is 16.6. The molecule has 0 aliphatic carbocycles. The van der Waals surface area contributed by atoms with E-state index in [1.807, 2.05) is 12.1 Å². The highest BCUT2D eigenvalue weighted by molar-refractivity contribution is 5.91. The minimum absolute atomic E-state index is 0.257. The Morgan fingerprint density at radius 2 is 1.50 bits per heavy atom. The number of alkyl carbamates (subject to hydrolysis) is 1. The maximum Gasteiger partial charge on any atom is 0.407 e. The van der Waals surface area contributed by atoms with Gasteiger partial charge in [0.25, 0.3) is 5.91 Å². The van der Waals surface area contributed by atoms with E-state index >= 15 is 0 Å². The Balaban J connectivity index is 1.72. The minimum Gasteiger partial charge on any atom is -0.493 e. The van der Waals surface area contributed by atoms with Crippen molar-refractivity contribution in [3.63, 3.8) is 0 Å². The molecule has 0 aliphatic heterocycles. The monoisotopic (exact) mass is 472 g/mol. The van der Waals surface area contributed by atoms with Crippen LogP contribution in [0.1, 0.15) is 42.3 Å². The fourth-order valence-electron chi connectivity index (χ4n) is 2.89. The van der Waals surface area contributed by atoms with Gasteiger partial charge in [0.05, 0.1) is 19.8 Å². The van der Waals surface area contributed by atoms with E-state index in [9.17, 15) is 14.4 Å². The molecule has 34 heavy (non-hydrogen) atoms. The van der Waals surface area contributed by atoms with E-state index in [1.54, 1.807) is 65.3 Å². The zero-order valence-electron chi connectivity index (χ0n) is 20.2. The van der Waals surface area contributed by atoms with Crippen LogP contribution in [0.15, 0.2) is 42.5 Å². The predicted molar refractivity (Wildman–Crippen MR) is 126 cm³/mol. The van der Waals surface area contributed by atoms with E-state index in [-0.39, 0.29) is 13.2 Å². The molecular formula is C25H32N2O7. The highest BCUT2D eigenvalue weighted by Gasteiger charge is 2.16. The molecule has 0 unspecified atom stereocenters. The van der Waals surface area contributed by atoms with Gasteiger partial charge in [-0.3, -0.25) is 4.79 Å². The van der Waals surface area contributed by atoms with Crippen molar-refractivity contribution in [1.82, 2.24) is 10.6 Å². The van der Waals surface area contributed by atoms with Gasteiger partial charge in [-0.05, 0) is 62.6 Å². The van der Waals surface area contributed by atoms with E-state index in [4.69, 9.17) is 18.9 Å². The molecular weight excluding hydrogens is 440 g/mol. The second kappa shape index (κ2) is 12.5. The van der Waals surface area contributed by atoms with E-state index in [0.717, 1.165) is 11.1 Å². The SMILES string of the molecule is COc1ccc(CCNC(=O)COC(=O)c2ccc(CNC(=O)OC(C)(C)C)cc2)cc1OC. The molecule has 0 atom stereocenters. The van der Waals surface area contributed by atoms with Gasteiger partial charge in [0, 0.05) is 13.1 Å². The molecule has 0 fully saturated rings. The van der Waals surface area contributed by atoms with Crippen LogP contribution < -0.4 is 20.1 Å². The maximum absolute atomic E-state index is 12.2. The normalized spacial score (nSPS) is 10.7. The lowest BCUT2D eigenvalue weighted by Gasteiger charge is -2.19. The third kappa shape index (κ3) is 9.01. The first-order chi connectivity index (χ1) is 16.1. The number of nitrogens with one attached hydrogen (secondary N) is 2. The largest absolute Gasteiger partial charge is 0.493 e. The van der Waals surface area contributed by atoms with Crippen LogP contribution in [-0.2, 0) is 27.2 Å². The average molecular weight is 473 g/mol. The summed E-state index contributed by atoms with van der Waals surface area (Å²) >= 11 is 0. The number of hydrogen-bond donors (Lipinski definition) is 2. The first-order valence-electron chi connectivity index (χ1n) is 10.8. The number of hydrogen-bond acceptors (Lipinski definition) is 7. The Labute approximate surface area is 199 Å². The molecule has 2 amide bonds. The third-order valence-corrected chi connectivity index (χ3v) is 4.54.